The lowest BCUT2D eigenvalue weighted by Gasteiger charge is -2.39. The Bertz CT molecular complexity index is 797. The Morgan fingerprint density at radius 2 is 1.96 bits per heavy atom. The van der Waals surface area contributed by atoms with Crippen molar-refractivity contribution in [3.8, 4) is 5.88 Å². The van der Waals surface area contributed by atoms with E-state index in [1.54, 1.807) is 13.2 Å². The summed E-state index contributed by atoms with van der Waals surface area (Å²) >= 11 is 0. The second-order valence-corrected chi connectivity index (χ2v) is 6.19. The molecule has 1 unspecified atom stereocenters. The van der Waals surface area contributed by atoms with Crippen molar-refractivity contribution in [1.82, 2.24) is 4.98 Å². The summed E-state index contributed by atoms with van der Waals surface area (Å²) in [5.41, 5.74) is 4.10. The molecule has 0 saturated carbocycles. The Hall–Kier alpha value is -2.37. The molecule has 1 fully saturated rings. The lowest BCUT2D eigenvalue weighted by molar-refractivity contribution is 0.0187. The minimum absolute atomic E-state index is 0.261. The molecule has 124 valence electrons. The van der Waals surface area contributed by atoms with Gasteiger partial charge in [0.05, 0.1) is 6.10 Å². The van der Waals surface area contributed by atoms with Crippen LogP contribution in [0.3, 0.4) is 0 Å². The number of fused-ring (bicyclic) bond motifs is 1. The molecule has 2 aliphatic heterocycles. The van der Waals surface area contributed by atoms with E-state index in [1.165, 1.54) is 0 Å². The number of pyridine rings is 1. The molecular formula is C19H20N2O3. The highest BCUT2D eigenvalue weighted by molar-refractivity contribution is 5.85. The lowest BCUT2D eigenvalue weighted by atomic mass is 9.93. The first-order valence-corrected chi connectivity index (χ1v) is 8.07. The number of rotatable bonds is 3. The molecule has 2 aliphatic rings. The van der Waals surface area contributed by atoms with Gasteiger partial charge in [-0.05, 0) is 41.8 Å². The van der Waals surface area contributed by atoms with Gasteiger partial charge in [0.15, 0.2) is 0 Å². The van der Waals surface area contributed by atoms with Crippen LogP contribution in [0.1, 0.15) is 16.7 Å². The minimum atomic E-state index is -0.988. The summed E-state index contributed by atoms with van der Waals surface area (Å²) in [5.74, 6) is 1.32. The molecular weight excluding hydrogens is 304 g/mol. The fourth-order valence-corrected chi connectivity index (χ4v) is 3.17. The van der Waals surface area contributed by atoms with Gasteiger partial charge in [0.25, 0.3) is 0 Å². The summed E-state index contributed by atoms with van der Waals surface area (Å²) in [4.78, 5) is 6.74. The van der Waals surface area contributed by atoms with E-state index in [9.17, 15) is 5.11 Å². The highest BCUT2D eigenvalue weighted by atomic mass is 16.6. The first-order valence-electron chi connectivity index (χ1n) is 8.07. The number of aliphatic hydroxyl groups excluding tert-OH is 1. The summed E-state index contributed by atoms with van der Waals surface area (Å²) in [6, 6.07) is 12.1. The molecule has 4 rings (SSSR count). The second-order valence-electron chi connectivity index (χ2n) is 6.19. The Morgan fingerprint density at radius 1 is 1.17 bits per heavy atom. The van der Waals surface area contributed by atoms with E-state index in [2.05, 4.69) is 28.9 Å². The monoisotopic (exact) mass is 324 g/mol. The van der Waals surface area contributed by atoms with Gasteiger partial charge in [-0.2, -0.15) is 4.98 Å². The van der Waals surface area contributed by atoms with Crippen LogP contribution in [0.15, 0.2) is 42.5 Å². The quantitative estimate of drug-likeness (QED) is 0.939. The molecule has 0 amide bonds. The molecule has 1 N–H and O–H groups in total. The zero-order valence-corrected chi connectivity index (χ0v) is 13.8. The lowest BCUT2D eigenvalue weighted by Crippen LogP contribution is -2.52. The van der Waals surface area contributed by atoms with Crippen LogP contribution >= 0.6 is 0 Å². The minimum Gasteiger partial charge on any atom is -0.444 e. The molecule has 24 heavy (non-hydrogen) atoms. The van der Waals surface area contributed by atoms with Crippen molar-refractivity contribution in [3.05, 3.63) is 59.2 Å². The third kappa shape index (κ3) is 2.56. The molecule has 0 spiro atoms. The third-order valence-corrected chi connectivity index (χ3v) is 4.62. The molecule has 5 heteroatoms. The average molecular weight is 324 g/mol. The van der Waals surface area contributed by atoms with Crippen LogP contribution in [0.4, 0.5) is 5.82 Å². The maximum Gasteiger partial charge on any atom is 0.226 e. The summed E-state index contributed by atoms with van der Waals surface area (Å²) in [5, 5.41) is 10.1. The van der Waals surface area contributed by atoms with Gasteiger partial charge in [-0.3, -0.25) is 0 Å². The van der Waals surface area contributed by atoms with Crippen LogP contribution in [0.25, 0.3) is 5.57 Å². The molecule has 1 saturated heterocycles. The Balaban J connectivity index is 1.70. The predicted molar refractivity (Wildman–Crippen MR) is 92.1 cm³/mol. The number of hydrogen-bond donors (Lipinski definition) is 1. The zero-order chi connectivity index (χ0) is 16.7. The fourth-order valence-electron chi connectivity index (χ4n) is 3.17. The Morgan fingerprint density at radius 3 is 2.71 bits per heavy atom. The van der Waals surface area contributed by atoms with Gasteiger partial charge in [-0.1, -0.05) is 24.3 Å². The van der Waals surface area contributed by atoms with E-state index in [-0.39, 0.29) is 6.10 Å². The van der Waals surface area contributed by atoms with Gasteiger partial charge < -0.3 is 19.5 Å². The van der Waals surface area contributed by atoms with Gasteiger partial charge in [-0.25, -0.2) is 0 Å². The molecule has 1 atom stereocenters. The predicted octanol–water partition coefficient (Wildman–Crippen LogP) is 2.37. The fraction of sp³-hybridized carbons (Fsp3) is 0.316. The maximum absolute atomic E-state index is 10.1. The van der Waals surface area contributed by atoms with Crippen molar-refractivity contribution in [2.75, 3.05) is 25.1 Å². The Kier molecular flexibility index (Phi) is 3.75. The Labute approximate surface area is 141 Å². The molecule has 2 aromatic rings. The maximum atomic E-state index is 10.1. The van der Waals surface area contributed by atoms with Gasteiger partial charge >= 0.3 is 0 Å². The van der Waals surface area contributed by atoms with Crippen LogP contribution in [0.5, 0.6) is 5.88 Å². The number of nitrogens with zero attached hydrogens (tertiary/aromatic N) is 2. The van der Waals surface area contributed by atoms with E-state index in [4.69, 9.17) is 9.47 Å². The molecule has 1 aromatic carbocycles. The number of aromatic nitrogens is 1. The van der Waals surface area contributed by atoms with Gasteiger partial charge in [0.1, 0.15) is 5.82 Å². The standard InChI is InChI=1S/C19H20N2O3/c1-12-5-3-4-6-14(12)16-9-18(22)24-19-15(16)7-8-17(20-19)21-10-13(11-21)23-2/h3-9,13,18,22H,10-11H2,1-2H3. The van der Waals surface area contributed by atoms with Crippen LogP contribution in [0.2, 0.25) is 0 Å². The summed E-state index contributed by atoms with van der Waals surface area (Å²) in [7, 11) is 1.72. The van der Waals surface area contributed by atoms with Crippen molar-refractivity contribution in [3.63, 3.8) is 0 Å². The molecule has 5 nitrogen and oxygen atoms in total. The van der Waals surface area contributed by atoms with Crippen molar-refractivity contribution in [2.45, 2.75) is 19.3 Å². The first kappa shape index (κ1) is 15.2. The molecule has 0 bridgehead atoms. The molecule has 1 aromatic heterocycles. The number of benzene rings is 1. The van der Waals surface area contributed by atoms with E-state index in [1.807, 2.05) is 24.3 Å². The van der Waals surface area contributed by atoms with Crippen LogP contribution in [-0.2, 0) is 4.74 Å². The topological polar surface area (TPSA) is 54.8 Å². The molecule has 0 aliphatic carbocycles. The van der Waals surface area contributed by atoms with E-state index in [0.717, 1.165) is 41.2 Å². The van der Waals surface area contributed by atoms with Crippen LogP contribution in [0, 0.1) is 6.92 Å². The average Bonchev–Trinajstić information content (AvgIpc) is 2.53. The van der Waals surface area contributed by atoms with Crippen LogP contribution < -0.4 is 9.64 Å². The molecule has 3 heterocycles. The highest BCUT2D eigenvalue weighted by Gasteiger charge is 2.29. The largest absolute Gasteiger partial charge is 0.444 e. The second kappa shape index (κ2) is 5.92. The number of anilines is 1. The smallest absolute Gasteiger partial charge is 0.226 e. The zero-order valence-electron chi connectivity index (χ0n) is 13.8. The van der Waals surface area contributed by atoms with Crippen molar-refractivity contribution in [1.29, 1.82) is 0 Å². The highest BCUT2D eigenvalue weighted by Crippen LogP contribution is 2.37. The van der Waals surface area contributed by atoms with Gasteiger partial charge in [0.2, 0.25) is 12.2 Å². The van der Waals surface area contributed by atoms with E-state index < -0.39 is 6.29 Å². The van der Waals surface area contributed by atoms with E-state index in [0.29, 0.717) is 5.88 Å². The van der Waals surface area contributed by atoms with Crippen molar-refractivity contribution < 1.29 is 14.6 Å². The molecule has 0 radical (unpaired) electrons. The summed E-state index contributed by atoms with van der Waals surface area (Å²) < 4.78 is 10.9. The summed E-state index contributed by atoms with van der Waals surface area (Å²) in [6.07, 6.45) is 1.01. The number of aliphatic hydroxyl groups is 1. The number of aryl methyl sites for hydroxylation is 1. The normalized spacial score (nSPS) is 20.0. The van der Waals surface area contributed by atoms with Gasteiger partial charge in [0, 0.05) is 25.8 Å². The van der Waals surface area contributed by atoms with Gasteiger partial charge in [-0.15, -0.1) is 0 Å². The summed E-state index contributed by atoms with van der Waals surface area (Å²) in [6.45, 7) is 3.71. The third-order valence-electron chi connectivity index (χ3n) is 4.62. The van der Waals surface area contributed by atoms with Crippen molar-refractivity contribution >= 4 is 11.4 Å². The number of ether oxygens (including phenoxy) is 2. The first-order chi connectivity index (χ1) is 11.7. The van der Waals surface area contributed by atoms with E-state index >= 15 is 0 Å². The van der Waals surface area contributed by atoms with Crippen LogP contribution in [-0.4, -0.2) is 42.7 Å². The van der Waals surface area contributed by atoms with Crippen molar-refractivity contribution in [2.24, 2.45) is 0 Å². The number of hydrogen-bond acceptors (Lipinski definition) is 5. The SMILES string of the molecule is COC1CN(c2ccc3c(n2)OC(O)C=C3c2ccccc2C)C1. The number of methoxy groups -OCH3 is 1.